The van der Waals surface area contributed by atoms with Crippen molar-refractivity contribution < 1.29 is 26.4 Å². The molecule has 1 N–H and O–H groups in total. The number of alkyl halides is 3. The Morgan fingerprint density at radius 3 is 2.36 bits per heavy atom. The van der Waals surface area contributed by atoms with Crippen molar-refractivity contribution in [1.29, 1.82) is 0 Å². The molecular formula is C18H18F3N3O3S. The first-order valence-electron chi connectivity index (χ1n) is 8.60. The minimum absolute atomic E-state index is 0.105. The molecule has 10 heteroatoms. The van der Waals surface area contributed by atoms with Crippen LogP contribution in [0.3, 0.4) is 0 Å². The van der Waals surface area contributed by atoms with Gasteiger partial charge in [-0.3, -0.25) is 10.1 Å². The number of carbonyl (C=O) groups is 1. The normalized spacial score (nSPS) is 14.4. The molecule has 1 aliphatic rings. The van der Waals surface area contributed by atoms with Crippen molar-refractivity contribution in [3.8, 4) is 0 Å². The summed E-state index contributed by atoms with van der Waals surface area (Å²) in [6.07, 6.45) is -1.63. The van der Waals surface area contributed by atoms with Gasteiger partial charge in [0.2, 0.25) is 11.9 Å². The van der Waals surface area contributed by atoms with Crippen LogP contribution in [0.5, 0.6) is 0 Å². The number of rotatable bonds is 4. The van der Waals surface area contributed by atoms with Gasteiger partial charge in [-0.05, 0) is 43.4 Å². The lowest BCUT2D eigenvalue weighted by molar-refractivity contribution is -0.142. The Hall–Kier alpha value is -2.49. The van der Waals surface area contributed by atoms with E-state index in [0.29, 0.717) is 24.1 Å². The molecule has 150 valence electrons. The van der Waals surface area contributed by atoms with Gasteiger partial charge in [0.05, 0.1) is 11.3 Å². The van der Waals surface area contributed by atoms with Crippen molar-refractivity contribution in [2.75, 3.05) is 11.6 Å². The zero-order valence-electron chi connectivity index (χ0n) is 15.0. The van der Waals surface area contributed by atoms with Crippen molar-refractivity contribution in [2.45, 2.75) is 43.2 Å². The number of carbonyl (C=O) groups excluding carboxylic acids is 1. The van der Waals surface area contributed by atoms with Gasteiger partial charge < -0.3 is 0 Å². The highest BCUT2D eigenvalue weighted by molar-refractivity contribution is 7.90. The number of aromatic nitrogens is 2. The van der Waals surface area contributed by atoms with Crippen LogP contribution in [0.25, 0.3) is 0 Å². The maximum atomic E-state index is 13.3. The quantitative estimate of drug-likeness (QED) is 0.833. The first-order valence-corrected chi connectivity index (χ1v) is 10.5. The Balaban J connectivity index is 1.79. The fourth-order valence-electron chi connectivity index (χ4n) is 3.09. The van der Waals surface area contributed by atoms with Crippen LogP contribution in [-0.2, 0) is 40.1 Å². The van der Waals surface area contributed by atoms with Gasteiger partial charge in [-0.2, -0.15) is 13.2 Å². The van der Waals surface area contributed by atoms with Gasteiger partial charge >= 0.3 is 6.18 Å². The molecule has 0 saturated heterocycles. The first kappa shape index (κ1) is 20.2. The summed E-state index contributed by atoms with van der Waals surface area (Å²) in [5.74, 6) is -0.957. The highest BCUT2D eigenvalue weighted by Crippen LogP contribution is 2.35. The summed E-state index contributed by atoms with van der Waals surface area (Å²) >= 11 is 0. The molecule has 1 aromatic carbocycles. The van der Waals surface area contributed by atoms with Crippen molar-refractivity contribution in [2.24, 2.45) is 0 Å². The second kappa shape index (κ2) is 7.50. The van der Waals surface area contributed by atoms with Gasteiger partial charge in [0.15, 0.2) is 15.5 Å². The van der Waals surface area contributed by atoms with Crippen LogP contribution in [0.4, 0.5) is 19.1 Å². The van der Waals surface area contributed by atoms with E-state index in [4.69, 9.17) is 0 Å². The molecule has 0 fully saturated rings. The molecular weight excluding hydrogens is 395 g/mol. The van der Waals surface area contributed by atoms with Gasteiger partial charge in [0.25, 0.3) is 0 Å². The Labute approximate surface area is 160 Å². The highest BCUT2D eigenvalue weighted by atomic mass is 32.2. The lowest BCUT2D eigenvalue weighted by Crippen LogP contribution is -2.23. The molecule has 1 aromatic heterocycles. The predicted octanol–water partition coefficient (Wildman–Crippen LogP) is 2.96. The number of aryl methyl sites for hydroxylation is 1. The molecule has 0 unspecified atom stereocenters. The molecule has 1 aliphatic carbocycles. The fourth-order valence-corrected chi connectivity index (χ4v) is 3.72. The molecule has 0 radical (unpaired) electrons. The van der Waals surface area contributed by atoms with E-state index in [2.05, 4.69) is 15.3 Å². The van der Waals surface area contributed by atoms with Crippen LogP contribution < -0.4 is 5.32 Å². The van der Waals surface area contributed by atoms with E-state index in [0.717, 1.165) is 12.7 Å². The summed E-state index contributed by atoms with van der Waals surface area (Å²) in [7, 11) is -3.35. The second-order valence-corrected chi connectivity index (χ2v) is 8.68. The summed E-state index contributed by atoms with van der Waals surface area (Å²) in [6.45, 7) is 0. The molecule has 1 heterocycles. The van der Waals surface area contributed by atoms with Crippen LogP contribution in [0, 0.1) is 0 Å². The Morgan fingerprint density at radius 2 is 1.75 bits per heavy atom. The van der Waals surface area contributed by atoms with E-state index in [1.807, 2.05) is 0 Å². The number of sulfone groups is 1. The maximum Gasteiger partial charge on any atom is 0.433 e. The smallest absolute Gasteiger partial charge is 0.294 e. The Morgan fingerprint density at radius 1 is 1.11 bits per heavy atom. The van der Waals surface area contributed by atoms with Crippen LogP contribution in [0.15, 0.2) is 29.2 Å². The average molecular weight is 413 g/mol. The average Bonchev–Trinajstić information content (AvgIpc) is 2.60. The lowest BCUT2D eigenvalue weighted by atomic mass is 9.94. The van der Waals surface area contributed by atoms with Crippen LogP contribution >= 0.6 is 0 Å². The second-order valence-electron chi connectivity index (χ2n) is 6.67. The number of amides is 1. The molecule has 28 heavy (non-hydrogen) atoms. The third kappa shape index (κ3) is 4.67. The summed E-state index contributed by atoms with van der Waals surface area (Å²) < 4.78 is 62.9. The molecule has 0 spiro atoms. The lowest BCUT2D eigenvalue weighted by Gasteiger charge is -2.20. The van der Waals surface area contributed by atoms with Crippen molar-refractivity contribution in [3.63, 3.8) is 0 Å². The van der Waals surface area contributed by atoms with E-state index >= 15 is 0 Å². The van der Waals surface area contributed by atoms with Crippen LogP contribution in [-0.4, -0.2) is 30.5 Å². The number of halogens is 3. The highest BCUT2D eigenvalue weighted by Gasteiger charge is 2.38. The molecule has 0 aliphatic heterocycles. The minimum atomic E-state index is -4.62. The molecule has 6 nitrogen and oxygen atoms in total. The standard InChI is InChI=1S/C18H18F3N3O3S/c1-28(26,27)12-8-6-11(7-9-12)10-15(25)23-17-22-14-5-3-2-4-13(14)16(24-17)18(19,20)21/h6-9H,2-5,10H2,1H3,(H,22,23,24,25). The zero-order valence-corrected chi connectivity index (χ0v) is 15.8. The molecule has 0 saturated carbocycles. The zero-order chi connectivity index (χ0) is 20.5. The van der Waals surface area contributed by atoms with Crippen LogP contribution in [0.2, 0.25) is 0 Å². The topological polar surface area (TPSA) is 89.0 Å². The number of hydrogen-bond acceptors (Lipinski definition) is 5. The number of hydrogen-bond donors (Lipinski definition) is 1. The van der Waals surface area contributed by atoms with Gasteiger partial charge in [0.1, 0.15) is 0 Å². The maximum absolute atomic E-state index is 13.3. The number of nitrogens with one attached hydrogen (secondary N) is 1. The fraction of sp³-hybridized carbons (Fsp3) is 0.389. The summed E-state index contributed by atoms with van der Waals surface area (Å²) in [5, 5.41) is 2.32. The Bertz CT molecular complexity index is 1000. The van der Waals surface area contributed by atoms with Gasteiger partial charge in [-0.15, -0.1) is 0 Å². The van der Waals surface area contributed by atoms with Gasteiger partial charge in [-0.25, -0.2) is 18.4 Å². The van der Waals surface area contributed by atoms with E-state index in [9.17, 15) is 26.4 Å². The molecule has 2 aromatic rings. The third-order valence-electron chi connectivity index (χ3n) is 4.42. The Kier molecular flexibility index (Phi) is 5.42. The van der Waals surface area contributed by atoms with Crippen molar-refractivity contribution >= 4 is 21.7 Å². The minimum Gasteiger partial charge on any atom is -0.294 e. The molecule has 0 bridgehead atoms. The first-order chi connectivity index (χ1) is 13.0. The number of benzene rings is 1. The van der Waals surface area contributed by atoms with E-state index in [1.165, 1.54) is 24.3 Å². The van der Waals surface area contributed by atoms with E-state index in [-0.39, 0.29) is 29.2 Å². The molecule has 0 atom stereocenters. The van der Waals surface area contributed by atoms with Gasteiger partial charge in [0, 0.05) is 17.5 Å². The van der Waals surface area contributed by atoms with Crippen molar-refractivity contribution in [1.82, 2.24) is 9.97 Å². The summed E-state index contributed by atoms with van der Waals surface area (Å²) in [5.41, 5.74) is -0.0570. The van der Waals surface area contributed by atoms with Crippen molar-refractivity contribution in [3.05, 3.63) is 46.8 Å². The summed E-state index contributed by atoms with van der Waals surface area (Å²) in [6, 6.07) is 5.69. The number of anilines is 1. The molecule has 1 amide bonds. The monoisotopic (exact) mass is 413 g/mol. The molecule has 3 rings (SSSR count). The number of nitrogens with zero attached hydrogens (tertiary/aromatic N) is 2. The SMILES string of the molecule is CS(=O)(=O)c1ccc(CC(=O)Nc2nc3c(c(C(F)(F)F)n2)CCCC3)cc1. The van der Waals surface area contributed by atoms with Gasteiger partial charge in [-0.1, -0.05) is 12.1 Å². The van der Waals surface area contributed by atoms with Crippen LogP contribution in [0.1, 0.15) is 35.4 Å². The third-order valence-corrected chi connectivity index (χ3v) is 5.55. The summed E-state index contributed by atoms with van der Waals surface area (Å²) in [4.78, 5) is 19.9. The van der Waals surface area contributed by atoms with E-state index in [1.54, 1.807) is 0 Å². The van der Waals surface area contributed by atoms with E-state index < -0.39 is 27.6 Å². The largest absolute Gasteiger partial charge is 0.433 e. The number of fused-ring (bicyclic) bond motifs is 1. The predicted molar refractivity (Wildman–Crippen MR) is 95.6 cm³/mol.